The zero-order chi connectivity index (χ0) is 17.6. The highest BCUT2D eigenvalue weighted by molar-refractivity contribution is 7.18. The maximum Gasteiger partial charge on any atom is 0.199 e. The molecule has 0 amide bonds. The second-order valence-electron chi connectivity index (χ2n) is 6.51. The van der Waals surface area contributed by atoms with Crippen molar-refractivity contribution >= 4 is 27.4 Å². The molecule has 4 rings (SSSR count). The van der Waals surface area contributed by atoms with Crippen LogP contribution in [0.25, 0.3) is 21.8 Å². The van der Waals surface area contributed by atoms with E-state index >= 15 is 0 Å². The van der Waals surface area contributed by atoms with Crippen LogP contribution in [0.2, 0.25) is 0 Å². The third kappa shape index (κ3) is 2.68. The maximum atomic E-state index is 6.19. The highest BCUT2D eigenvalue weighted by Crippen LogP contribution is 2.39. The van der Waals surface area contributed by atoms with Gasteiger partial charge >= 0.3 is 0 Å². The third-order valence-corrected chi connectivity index (χ3v) is 5.66. The number of rotatable bonds is 3. The molecule has 126 valence electrons. The van der Waals surface area contributed by atoms with Crippen molar-refractivity contribution in [3.63, 3.8) is 0 Å². The minimum absolute atomic E-state index is 0.236. The Hall–Kier alpha value is -2.73. The van der Waals surface area contributed by atoms with E-state index < -0.39 is 0 Å². The Balaban J connectivity index is 1.84. The number of furan rings is 1. The van der Waals surface area contributed by atoms with Gasteiger partial charge in [-0.05, 0) is 51.1 Å². The summed E-state index contributed by atoms with van der Waals surface area (Å²) < 4.78 is 5.63. The molecule has 0 saturated heterocycles. The van der Waals surface area contributed by atoms with Crippen molar-refractivity contribution in [2.75, 3.05) is 5.73 Å². The van der Waals surface area contributed by atoms with E-state index in [9.17, 15) is 0 Å². The first-order chi connectivity index (χ1) is 11.9. The Labute approximate surface area is 149 Å². The number of pyridine rings is 1. The van der Waals surface area contributed by atoms with Crippen molar-refractivity contribution in [2.45, 2.75) is 26.2 Å². The van der Waals surface area contributed by atoms with E-state index in [1.165, 1.54) is 0 Å². The van der Waals surface area contributed by atoms with E-state index in [-0.39, 0.29) is 5.41 Å². The number of aryl methyl sites for hydroxylation is 1. The molecule has 0 aliphatic rings. The molecule has 0 aliphatic carbocycles. The molecule has 4 heterocycles. The van der Waals surface area contributed by atoms with Crippen LogP contribution >= 0.6 is 11.3 Å². The monoisotopic (exact) mass is 350 g/mol. The van der Waals surface area contributed by atoms with Gasteiger partial charge in [0.25, 0.3) is 0 Å². The van der Waals surface area contributed by atoms with E-state index in [2.05, 4.69) is 34.9 Å². The SMILES string of the molecule is Cc1ccc(-c2nc(N)c3cc(C(C)(C)c4ccccn4)sc3n2)o1. The van der Waals surface area contributed by atoms with Gasteiger partial charge in [0.1, 0.15) is 16.4 Å². The summed E-state index contributed by atoms with van der Waals surface area (Å²) in [6.07, 6.45) is 1.82. The lowest BCUT2D eigenvalue weighted by atomic mass is 9.87. The van der Waals surface area contributed by atoms with Gasteiger partial charge in [0.15, 0.2) is 11.6 Å². The van der Waals surface area contributed by atoms with Crippen molar-refractivity contribution in [2.24, 2.45) is 0 Å². The quantitative estimate of drug-likeness (QED) is 0.586. The number of nitrogens with two attached hydrogens (primary N) is 1. The van der Waals surface area contributed by atoms with E-state index in [1.54, 1.807) is 11.3 Å². The largest absolute Gasteiger partial charge is 0.458 e. The Morgan fingerprint density at radius 2 is 1.96 bits per heavy atom. The highest BCUT2D eigenvalue weighted by atomic mass is 32.1. The number of nitrogens with zero attached hydrogens (tertiary/aromatic N) is 3. The molecule has 0 unspecified atom stereocenters. The molecule has 0 aliphatic heterocycles. The minimum atomic E-state index is -0.236. The topological polar surface area (TPSA) is 77.8 Å². The van der Waals surface area contributed by atoms with Gasteiger partial charge in [0.05, 0.1) is 11.1 Å². The predicted molar refractivity (Wildman–Crippen MR) is 101 cm³/mol. The molecule has 0 saturated carbocycles. The molecule has 0 bridgehead atoms. The average Bonchev–Trinajstić information content (AvgIpc) is 3.22. The summed E-state index contributed by atoms with van der Waals surface area (Å²) in [5.41, 5.74) is 6.97. The molecule has 5 nitrogen and oxygen atoms in total. The number of thiophene rings is 1. The zero-order valence-electron chi connectivity index (χ0n) is 14.3. The zero-order valence-corrected chi connectivity index (χ0v) is 15.1. The van der Waals surface area contributed by atoms with Gasteiger partial charge in [0.2, 0.25) is 0 Å². The van der Waals surface area contributed by atoms with Crippen molar-refractivity contribution in [1.29, 1.82) is 0 Å². The van der Waals surface area contributed by atoms with Gasteiger partial charge in [-0.1, -0.05) is 6.07 Å². The number of anilines is 1. The molecule has 2 N–H and O–H groups in total. The molecule has 0 atom stereocenters. The van der Waals surface area contributed by atoms with Crippen LogP contribution in [0.3, 0.4) is 0 Å². The number of hydrogen-bond donors (Lipinski definition) is 1. The van der Waals surface area contributed by atoms with Crippen LogP contribution in [-0.2, 0) is 5.41 Å². The number of aromatic nitrogens is 3. The smallest absolute Gasteiger partial charge is 0.199 e. The predicted octanol–water partition coefficient (Wildman–Crippen LogP) is 4.56. The lowest BCUT2D eigenvalue weighted by Crippen LogP contribution is -2.18. The number of hydrogen-bond acceptors (Lipinski definition) is 6. The summed E-state index contributed by atoms with van der Waals surface area (Å²) in [5, 5.41) is 0.871. The van der Waals surface area contributed by atoms with Crippen molar-refractivity contribution in [1.82, 2.24) is 15.0 Å². The van der Waals surface area contributed by atoms with E-state index in [1.807, 2.05) is 43.5 Å². The number of fused-ring (bicyclic) bond motifs is 1. The first kappa shape index (κ1) is 15.8. The molecule has 0 aromatic carbocycles. The second-order valence-corrected chi connectivity index (χ2v) is 7.54. The van der Waals surface area contributed by atoms with Crippen molar-refractivity contribution in [3.05, 3.63) is 58.9 Å². The lowest BCUT2D eigenvalue weighted by Gasteiger charge is -2.22. The van der Waals surface area contributed by atoms with Gasteiger partial charge in [-0.25, -0.2) is 9.97 Å². The minimum Gasteiger partial charge on any atom is -0.458 e. The molecule has 25 heavy (non-hydrogen) atoms. The summed E-state index contributed by atoms with van der Waals surface area (Å²) in [6.45, 7) is 6.20. The van der Waals surface area contributed by atoms with Crippen LogP contribution < -0.4 is 5.73 Å². The van der Waals surface area contributed by atoms with E-state index in [4.69, 9.17) is 10.2 Å². The molecular weight excluding hydrogens is 332 g/mol. The summed E-state index contributed by atoms with van der Waals surface area (Å²) in [4.78, 5) is 15.6. The molecule has 0 radical (unpaired) electrons. The lowest BCUT2D eigenvalue weighted by molar-refractivity contribution is 0.544. The molecule has 4 aromatic rings. The van der Waals surface area contributed by atoms with E-state index in [0.29, 0.717) is 17.4 Å². The average molecular weight is 350 g/mol. The Morgan fingerprint density at radius 3 is 2.64 bits per heavy atom. The maximum absolute atomic E-state index is 6.19. The molecule has 6 heteroatoms. The van der Waals surface area contributed by atoms with Crippen molar-refractivity contribution < 1.29 is 4.42 Å². The van der Waals surface area contributed by atoms with Gasteiger partial charge in [-0.15, -0.1) is 11.3 Å². The highest BCUT2D eigenvalue weighted by Gasteiger charge is 2.27. The molecule has 4 aromatic heterocycles. The normalized spacial score (nSPS) is 12.0. The standard InChI is InChI=1S/C19H18N4OS/c1-11-7-8-13(24-11)17-22-16(20)12-10-15(25-18(12)23-17)19(2,3)14-6-4-5-9-21-14/h4-10H,1-3H3,(H2,20,22,23). The Morgan fingerprint density at radius 1 is 1.12 bits per heavy atom. The fourth-order valence-corrected chi connectivity index (χ4v) is 3.93. The molecule has 0 spiro atoms. The summed E-state index contributed by atoms with van der Waals surface area (Å²) >= 11 is 1.62. The summed E-state index contributed by atoms with van der Waals surface area (Å²) in [6, 6.07) is 11.8. The second kappa shape index (κ2) is 5.67. The first-order valence-electron chi connectivity index (χ1n) is 8.01. The Kier molecular flexibility index (Phi) is 3.58. The Bertz CT molecular complexity index is 1050. The van der Waals surface area contributed by atoms with Crippen molar-refractivity contribution in [3.8, 4) is 11.6 Å². The van der Waals surface area contributed by atoms with Crippen LogP contribution in [0.4, 0.5) is 5.82 Å². The van der Waals surface area contributed by atoms with Crippen LogP contribution in [0, 0.1) is 6.92 Å². The van der Waals surface area contributed by atoms with Crippen LogP contribution in [0.15, 0.2) is 47.0 Å². The third-order valence-electron chi connectivity index (χ3n) is 4.30. The summed E-state index contributed by atoms with van der Waals surface area (Å²) in [7, 11) is 0. The van der Waals surface area contributed by atoms with Gasteiger partial charge in [0, 0.05) is 16.5 Å². The van der Waals surface area contributed by atoms with Crippen LogP contribution in [0.1, 0.15) is 30.2 Å². The van der Waals surface area contributed by atoms with Crippen LogP contribution in [-0.4, -0.2) is 15.0 Å². The van der Waals surface area contributed by atoms with Gasteiger partial charge in [-0.3, -0.25) is 4.98 Å². The summed E-state index contributed by atoms with van der Waals surface area (Å²) in [5.74, 6) is 2.43. The van der Waals surface area contributed by atoms with E-state index in [0.717, 1.165) is 26.5 Å². The molecular formula is C19H18N4OS. The fraction of sp³-hybridized carbons (Fsp3) is 0.211. The first-order valence-corrected chi connectivity index (χ1v) is 8.82. The van der Waals surface area contributed by atoms with Gasteiger partial charge < -0.3 is 10.2 Å². The molecule has 0 fully saturated rings. The van der Waals surface area contributed by atoms with Crippen LogP contribution in [0.5, 0.6) is 0 Å². The van der Waals surface area contributed by atoms with Gasteiger partial charge in [-0.2, -0.15) is 0 Å². The number of nitrogen functional groups attached to an aromatic ring is 1. The fourth-order valence-electron chi connectivity index (χ4n) is 2.78.